The van der Waals surface area contributed by atoms with Gasteiger partial charge in [-0.3, -0.25) is 9.97 Å². The summed E-state index contributed by atoms with van der Waals surface area (Å²) in [5.41, 5.74) is 5.90. The normalized spacial score (nSPS) is 14.3. The molecular weight excluding hydrogens is 220 g/mol. The summed E-state index contributed by atoms with van der Waals surface area (Å²) < 4.78 is 0. The third kappa shape index (κ3) is 1.29. The Bertz CT molecular complexity index is 775. The minimum absolute atomic E-state index is 1.04. The molecule has 0 N–H and O–H groups in total. The summed E-state index contributed by atoms with van der Waals surface area (Å²) in [6, 6.07) is 10.7. The van der Waals surface area contributed by atoms with Crippen LogP contribution in [0.25, 0.3) is 21.8 Å². The van der Waals surface area contributed by atoms with Gasteiger partial charge in [-0.1, -0.05) is 18.2 Å². The first kappa shape index (κ1) is 10.0. The van der Waals surface area contributed by atoms with Gasteiger partial charge in [-0.15, -0.1) is 0 Å². The molecule has 2 aromatic heterocycles. The highest BCUT2D eigenvalue weighted by molar-refractivity contribution is 6.05. The number of nitrogens with zero attached hydrogens (tertiary/aromatic N) is 2. The molecule has 2 nitrogen and oxygen atoms in total. The van der Waals surface area contributed by atoms with Crippen LogP contribution < -0.4 is 0 Å². The molecule has 0 unspecified atom stereocenters. The molecule has 0 radical (unpaired) electrons. The molecule has 0 amide bonds. The van der Waals surface area contributed by atoms with E-state index in [1.165, 1.54) is 34.9 Å². The van der Waals surface area contributed by atoms with Gasteiger partial charge in [0.15, 0.2) is 0 Å². The van der Waals surface area contributed by atoms with Crippen LogP contribution in [0.4, 0.5) is 0 Å². The van der Waals surface area contributed by atoms with Crippen molar-refractivity contribution < 1.29 is 0 Å². The first-order valence-electron chi connectivity index (χ1n) is 6.51. The van der Waals surface area contributed by atoms with E-state index in [9.17, 15) is 0 Å². The second-order valence-corrected chi connectivity index (χ2v) is 5.06. The molecule has 0 spiro atoms. The summed E-state index contributed by atoms with van der Waals surface area (Å²) in [6.45, 7) is 2.06. The molecular formula is C16H14N2. The fourth-order valence-electron chi connectivity index (χ4n) is 2.99. The minimum Gasteiger partial charge on any atom is -0.251 e. The van der Waals surface area contributed by atoms with E-state index in [-0.39, 0.29) is 0 Å². The van der Waals surface area contributed by atoms with Crippen LogP contribution in [0, 0.1) is 6.92 Å². The average molecular weight is 234 g/mol. The fraction of sp³-hybridized carbons (Fsp3) is 0.250. The van der Waals surface area contributed by atoms with Crippen LogP contribution in [-0.2, 0) is 12.8 Å². The highest BCUT2D eigenvalue weighted by Crippen LogP contribution is 2.30. The van der Waals surface area contributed by atoms with Gasteiger partial charge >= 0.3 is 0 Å². The van der Waals surface area contributed by atoms with Crippen LogP contribution in [0.1, 0.15) is 23.4 Å². The maximum atomic E-state index is 4.84. The quantitative estimate of drug-likeness (QED) is 0.556. The molecule has 0 fully saturated rings. The molecule has 2 heterocycles. The molecule has 18 heavy (non-hydrogen) atoms. The van der Waals surface area contributed by atoms with Gasteiger partial charge in [0.25, 0.3) is 0 Å². The molecule has 0 atom stereocenters. The molecule has 1 aliphatic rings. The third-order valence-electron chi connectivity index (χ3n) is 3.88. The van der Waals surface area contributed by atoms with Crippen molar-refractivity contribution in [2.24, 2.45) is 0 Å². The van der Waals surface area contributed by atoms with Crippen molar-refractivity contribution in [1.82, 2.24) is 9.97 Å². The maximum absolute atomic E-state index is 4.84. The van der Waals surface area contributed by atoms with Crippen molar-refractivity contribution in [3.8, 4) is 0 Å². The highest BCUT2D eigenvalue weighted by atomic mass is 14.8. The molecule has 1 aromatic carbocycles. The monoisotopic (exact) mass is 234 g/mol. The Morgan fingerprint density at radius 2 is 1.89 bits per heavy atom. The number of para-hydroxylation sites is 1. The Hall–Kier alpha value is -1.96. The van der Waals surface area contributed by atoms with Crippen molar-refractivity contribution in [2.45, 2.75) is 26.2 Å². The summed E-state index contributed by atoms with van der Waals surface area (Å²) in [5.74, 6) is 0. The number of aromatic nitrogens is 2. The Morgan fingerprint density at radius 3 is 2.83 bits per heavy atom. The molecule has 4 rings (SSSR count). The van der Waals surface area contributed by atoms with E-state index < -0.39 is 0 Å². The maximum Gasteiger partial charge on any atom is 0.0924 e. The number of benzene rings is 1. The van der Waals surface area contributed by atoms with Crippen LogP contribution in [0.5, 0.6) is 0 Å². The summed E-state index contributed by atoms with van der Waals surface area (Å²) in [6.07, 6.45) is 3.54. The van der Waals surface area contributed by atoms with Gasteiger partial charge in [0.05, 0.1) is 16.7 Å². The Labute approximate surface area is 106 Å². The van der Waals surface area contributed by atoms with Crippen LogP contribution in [-0.4, -0.2) is 9.97 Å². The standard InChI is InChI=1S/C16H14N2/c1-10-16-13(9-11-5-4-8-14(11)18-16)12-6-2-3-7-15(12)17-10/h2-3,6-7,9H,4-5,8H2,1H3. The van der Waals surface area contributed by atoms with E-state index >= 15 is 0 Å². The van der Waals surface area contributed by atoms with E-state index in [0.29, 0.717) is 0 Å². The molecule has 3 aromatic rings. The lowest BCUT2D eigenvalue weighted by Crippen LogP contribution is -1.95. The summed E-state index contributed by atoms with van der Waals surface area (Å²) in [4.78, 5) is 9.51. The van der Waals surface area contributed by atoms with E-state index in [1.54, 1.807) is 0 Å². The molecule has 0 saturated heterocycles. The van der Waals surface area contributed by atoms with Gasteiger partial charge in [0.2, 0.25) is 0 Å². The van der Waals surface area contributed by atoms with E-state index in [4.69, 9.17) is 4.98 Å². The number of rotatable bonds is 0. The lowest BCUT2D eigenvalue weighted by Gasteiger charge is -2.08. The predicted octanol–water partition coefficient (Wildman–Crippen LogP) is 3.58. The van der Waals surface area contributed by atoms with Crippen molar-refractivity contribution in [1.29, 1.82) is 0 Å². The van der Waals surface area contributed by atoms with Gasteiger partial charge in [-0.05, 0) is 43.9 Å². The zero-order valence-electron chi connectivity index (χ0n) is 10.4. The Morgan fingerprint density at radius 1 is 1.00 bits per heavy atom. The summed E-state index contributed by atoms with van der Waals surface area (Å²) in [7, 11) is 0. The lowest BCUT2D eigenvalue weighted by atomic mass is 10.1. The largest absolute Gasteiger partial charge is 0.251 e. The highest BCUT2D eigenvalue weighted by Gasteiger charge is 2.15. The zero-order valence-corrected chi connectivity index (χ0v) is 10.4. The predicted molar refractivity (Wildman–Crippen MR) is 73.8 cm³/mol. The molecule has 88 valence electrons. The first-order valence-corrected chi connectivity index (χ1v) is 6.51. The van der Waals surface area contributed by atoms with Gasteiger partial charge in [0.1, 0.15) is 0 Å². The number of aryl methyl sites for hydroxylation is 3. The van der Waals surface area contributed by atoms with Crippen LogP contribution in [0.15, 0.2) is 30.3 Å². The van der Waals surface area contributed by atoms with Crippen LogP contribution in [0.2, 0.25) is 0 Å². The van der Waals surface area contributed by atoms with Gasteiger partial charge < -0.3 is 0 Å². The van der Waals surface area contributed by atoms with Crippen LogP contribution >= 0.6 is 0 Å². The zero-order chi connectivity index (χ0) is 12.1. The second-order valence-electron chi connectivity index (χ2n) is 5.06. The van der Waals surface area contributed by atoms with Crippen molar-refractivity contribution in [2.75, 3.05) is 0 Å². The average Bonchev–Trinajstić information content (AvgIpc) is 2.84. The fourth-order valence-corrected chi connectivity index (χ4v) is 2.99. The lowest BCUT2D eigenvalue weighted by molar-refractivity contribution is 0.901. The third-order valence-corrected chi connectivity index (χ3v) is 3.88. The molecule has 2 heteroatoms. The van der Waals surface area contributed by atoms with Gasteiger partial charge in [0, 0.05) is 16.5 Å². The molecule has 0 saturated carbocycles. The molecule has 0 bridgehead atoms. The Kier molecular flexibility index (Phi) is 1.95. The van der Waals surface area contributed by atoms with Gasteiger partial charge in [-0.25, -0.2) is 0 Å². The first-order chi connectivity index (χ1) is 8.83. The van der Waals surface area contributed by atoms with Crippen molar-refractivity contribution >= 4 is 21.8 Å². The minimum atomic E-state index is 1.04. The molecule has 1 aliphatic carbocycles. The number of hydrogen-bond donors (Lipinski definition) is 0. The number of pyridine rings is 2. The van der Waals surface area contributed by atoms with E-state index in [2.05, 4.69) is 36.2 Å². The smallest absolute Gasteiger partial charge is 0.0924 e. The number of fused-ring (bicyclic) bond motifs is 4. The topological polar surface area (TPSA) is 25.8 Å². The number of hydrogen-bond acceptors (Lipinski definition) is 2. The Balaban J connectivity index is 2.22. The van der Waals surface area contributed by atoms with E-state index in [1.807, 2.05) is 6.07 Å². The van der Waals surface area contributed by atoms with E-state index in [0.717, 1.165) is 23.1 Å². The van der Waals surface area contributed by atoms with Crippen LogP contribution in [0.3, 0.4) is 0 Å². The second kappa shape index (κ2) is 3.52. The SMILES string of the molecule is Cc1nc2ccccc2c2cc3c(nc12)CCC3. The summed E-state index contributed by atoms with van der Waals surface area (Å²) in [5, 5.41) is 2.49. The molecule has 0 aliphatic heterocycles. The van der Waals surface area contributed by atoms with Crippen molar-refractivity contribution in [3.63, 3.8) is 0 Å². The summed E-state index contributed by atoms with van der Waals surface area (Å²) >= 11 is 0. The van der Waals surface area contributed by atoms with Gasteiger partial charge in [-0.2, -0.15) is 0 Å². The van der Waals surface area contributed by atoms with Crippen molar-refractivity contribution in [3.05, 3.63) is 47.3 Å².